The third-order valence-electron chi connectivity index (χ3n) is 4.21. The Bertz CT molecular complexity index is 575. The number of hydrogen-bond donors (Lipinski definition) is 2. The highest BCUT2D eigenvalue weighted by Gasteiger charge is 2.61. The molecule has 0 heterocycles. The van der Waals surface area contributed by atoms with E-state index in [1.54, 1.807) is 24.3 Å². The Labute approximate surface area is 140 Å². The fourth-order valence-corrected chi connectivity index (χ4v) is 2.42. The van der Waals surface area contributed by atoms with Gasteiger partial charge in [-0.1, -0.05) is 12.1 Å². The second-order valence-corrected chi connectivity index (χ2v) is 6.44. The zero-order valence-electron chi connectivity index (χ0n) is 14.0. The van der Waals surface area contributed by atoms with Gasteiger partial charge in [0.1, 0.15) is 18.0 Å². The van der Waals surface area contributed by atoms with E-state index in [1.807, 2.05) is 19.0 Å². The number of rotatable bonds is 8. The summed E-state index contributed by atoms with van der Waals surface area (Å²) in [5.41, 5.74) is -1.55. The van der Waals surface area contributed by atoms with Crippen LogP contribution in [0.1, 0.15) is 24.8 Å². The maximum absolute atomic E-state index is 14.0. The number of amides is 1. The van der Waals surface area contributed by atoms with Crippen molar-refractivity contribution in [2.75, 3.05) is 27.2 Å². The minimum atomic E-state index is -3.77. The molecular weight excluding hydrogens is 318 g/mol. The molecule has 24 heavy (non-hydrogen) atoms. The van der Waals surface area contributed by atoms with Crippen LogP contribution in [-0.2, 0) is 11.3 Å². The first-order chi connectivity index (χ1) is 11.2. The van der Waals surface area contributed by atoms with Gasteiger partial charge in [0, 0.05) is 13.1 Å². The molecule has 1 amide bonds. The first kappa shape index (κ1) is 18.6. The summed E-state index contributed by atoms with van der Waals surface area (Å²) in [5.74, 6) is -4.60. The molecule has 0 atom stereocenters. The van der Waals surface area contributed by atoms with Crippen LogP contribution in [0.25, 0.3) is 0 Å². The molecular formula is C17H24F2N2O3. The lowest BCUT2D eigenvalue weighted by molar-refractivity contribution is -0.216. The number of benzene rings is 1. The minimum absolute atomic E-state index is 0.0462. The molecule has 5 nitrogen and oxygen atoms in total. The number of ether oxygens (including phenoxy) is 1. The number of aliphatic hydroxyl groups is 1. The van der Waals surface area contributed by atoms with Crippen molar-refractivity contribution in [3.8, 4) is 5.75 Å². The molecule has 2 N–H and O–H groups in total. The summed E-state index contributed by atoms with van der Waals surface area (Å²) in [6, 6.07) is 6.93. The second-order valence-electron chi connectivity index (χ2n) is 6.44. The van der Waals surface area contributed by atoms with Gasteiger partial charge >= 0.3 is 5.92 Å². The number of carbonyl (C=O) groups excluding carboxylic acids is 1. The molecule has 0 unspecified atom stereocenters. The molecule has 0 spiro atoms. The normalized spacial score (nSPS) is 16.6. The van der Waals surface area contributed by atoms with Gasteiger partial charge in [0.2, 0.25) is 0 Å². The van der Waals surface area contributed by atoms with E-state index >= 15 is 0 Å². The molecule has 0 radical (unpaired) electrons. The van der Waals surface area contributed by atoms with Crippen LogP contribution >= 0.6 is 0 Å². The zero-order chi connectivity index (χ0) is 17.8. The van der Waals surface area contributed by atoms with Gasteiger partial charge in [-0.25, -0.2) is 0 Å². The van der Waals surface area contributed by atoms with Crippen molar-refractivity contribution in [2.24, 2.45) is 0 Å². The van der Waals surface area contributed by atoms with E-state index in [0.29, 0.717) is 24.3 Å². The Morgan fingerprint density at radius 3 is 2.71 bits per heavy atom. The third-order valence-corrected chi connectivity index (χ3v) is 4.21. The van der Waals surface area contributed by atoms with Crippen molar-refractivity contribution in [1.82, 2.24) is 10.2 Å². The van der Waals surface area contributed by atoms with Crippen LogP contribution in [0.4, 0.5) is 8.78 Å². The van der Waals surface area contributed by atoms with Gasteiger partial charge in [-0.3, -0.25) is 4.79 Å². The monoisotopic (exact) mass is 342 g/mol. The summed E-state index contributed by atoms with van der Waals surface area (Å²) >= 11 is 0. The number of nitrogens with one attached hydrogen (secondary N) is 1. The highest BCUT2D eigenvalue weighted by molar-refractivity contribution is 5.85. The van der Waals surface area contributed by atoms with Gasteiger partial charge in [0.05, 0.1) is 0 Å². The summed E-state index contributed by atoms with van der Waals surface area (Å²) in [7, 11) is 3.87. The lowest BCUT2D eigenvalue weighted by Gasteiger charge is -2.41. The Kier molecular flexibility index (Phi) is 5.77. The van der Waals surface area contributed by atoms with E-state index in [-0.39, 0.29) is 19.4 Å². The maximum atomic E-state index is 14.0. The smallest absolute Gasteiger partial charge is 0.352 e. The number of alkyl halides is 2. The summed E-state index contributed by atoms with van der Waals surface area (Å²) in [6.07, 6.45) is 0.400. The molecule has 1 aromatic carbocycles. The fourth-order valence-electron chi connectivity index (χ4n) is 2.42. The topological polar surface area (TPSA) is 61.8 Å². The van der Waals surface area contributed by atoms with Gasteiger partial charge in [0.15, 0.2) is 0 Å². The number of nitrogens with zero attached hydrogens (tertiary/aromatic N) is 1. The average molecular weight is 342 g/mol. The Morgan fingerprint density at radius 1 is 1.42 bits per heavy atom. The number of halogens is 2. The molecule has 0 saturated heterocycles. The SMILES string of the molecule is CN(C)CCOc1cccc(CNC(=O)C(F)(F)C2(O)CCC2)c1. The second kappa shape index (κ2) is 7.44. The quantitative estimate of drug-likeness (QED) is 0.756. The predicted octanol–water partition coefficient (Wildman–Crippen LogP) is 1.79. The van der Waals surface area contributed by atoms with Crippen LogP contribution in [0.3, 0.4) is 0 Å². The molecule has 1 aromatic rings. The van der Waals surface area contributed by atoms with E-state index in [4.69, 9.17) is 4.74 Å². The minimum Gasteiger partial charge on any atom is -0.492 e. The first-order valence-electron chi connectivity index (χ1n) is 7.99. The molecule has 1 fully saturated rings. The standard InChI is InChI=1S/C17H24F2N2O3/c1-21(2)9-10-24-14-6-3-5-13(11-14)12-20-15(22)17(18,19)16(23)7-4-8-16/h3,5-6,11,23H,4,7-10,12H2,1-2H3,(H,20,22). The number of likely N-dealkylation sites (N-methyl/N-ethyl adjacent to an activating group) is 1. The van der Waals surface area contributed by atoms with Gasteiger partial charge in [-0.05, 0) is 51.1 Å². The molecule has 0 aliphatic heterocycles. The molecule has 1 aliphatic carbocycles. The number of hydrogen-bond acceptors (Lipinski definition) is 4. The predicted molar refractivity (Wildman–Crippen MR) is 86.1 cm³/mol. The molecule has 134 valence electrons. The Balaban J connectivity index is 1.88. The van der Waals surface area contributed by atoms with Crippen molar-refractivity contribution in [1.29, 1.82) is 0 Å². The highest BCUT2D eigenvalue weighted by atomic mass is 19.3. The van der Waals surface area contributed by atoms with Crippen molar-refractivity contribution in [2.45, 2.75) is 37.3 Å². The molecule has 1 aliphatic rings. The zero-order valence-corrected chi connectivity index (χ0v) is 14.0. The third kappa shape index (κ3) is 4.21. The van der Waals surface area contributed by atoms with Crippen LogP contribution < -0.4 is 10.1 Å². The van der Waals surface area contributed by atoms with Crippen LogP contribution in [0.5, 0.6) is 5.75 Å². The van der Waals surface area contributed by atoms with Gasteiger partial charge in [-0.15, -0.1) is 0 Å². The molecule has 0 bridgehead atoms. The lowest BCUT2D eigenvalue weighted by Crippen LogP contribution is -2.60. The van der Waals surface area contributed by atoms with Crippen molar-refractivity contribution in [3.63, 3.8) is 0 Å². The van der Waals surface area contributed by atoms with E-state index in [2.05, 4.69) is 5.32 Å². The Morgan fingerprint density at radius 2 is 2.12 bits per heavy atom. The van der Waals surface area contributed by atoms with Crippen LogP contribution in [-0.4, -0.2) is 54.7 Å². The lowest BCUT2D eigenvalue weighted by atomic mass is 9.75. The number of carbonyl (C=O) groups is 1. The average Bonchev–Trinajstić information content (AvgIpc) is 2.50. The van der Waals surface area contributed by atoms with Crippen LogP contribution in [0.15, 0.2) is 24.3 Å². The van der Waals surface area contributed by atoms with Crippen molar-refractivity contribution >= 4 is 5.91 Å². The van der Waals surface area contributed by atoms with Crippen LogP contribution in [0, 0.1) is 0 Å². The summed E-state index contributed by atoms with van der Waals surface area (Å²) in [4.78, 5) is 13.7. The molecule has 2 rings (SSSR count). The van der Waals surface area contributed by atoms with Crippen LogP contribution in [0.2, 0.25) is 0 Å². The van der Waals surface area contributed by atoms with E-state index in [1.165, 1.54) is 0 Å². The van der Waals surface area contributed by atoms with Gasteiger partial charge in [0.25, 0.3) is 5.91 Å². The molecule has 1 saturated carbocycles. The highest BCUT2D eigenvalue weighted by Crippen LogP contribution is 2.44. The summed E-state index contributed by atoms with van der Waals surface area (Å²) < 4.78 is 33.5. The molecule has 0 aromatic heterocycles. The van der Waals surface area contributed by atoms with E-state index in [0.717, 1.165) is 6.54 Å². The van der Waals surface area contributed by atoms with Crippen molar-refractivity contribution < 1.29 is 23.4 Å². The van der Waals surface area contributed by atoms with Gasteiger partial charge < -0.3 is 20.1 Å². The summed E-state index contributed by atoms with van der Waals surface area (Å²) in [6.45, 7) is 1.22. The summed E-state index contributed by atoms with van der Waals surface area (Å²) in [5, 5.41) is 12.0. The van der Waals surface area contributed by atoms with Crippen molar-refractivity contribution in [3.05, 3.63) is 29.8 Å². The van der Waals surface area contributed by atoms with E-state index < -0.39 is 17.4 Å². The van der Waals surface area contributed by atoms with Gasteiger partial charge in [-0.2, -0.15) is 8.78 Å². The maximum Gasteiger partial charge on any atom is 0.352 e. The fraction of sp³-hybridized carbons (Fsp3) is 0.588. The first-order valence-corrected chi connectivity index (χ1v) is 7.99. The molecule has 7 heteroatoms. The Hall–Kier alpha value is -1.73. The largest absolute Gasteiger partial charge is 0.492 e. The van der Waals surface area contributed by atoms with E-state index in [9.17, 15) is 18.7 Å².